The van der Waals surface area contributed by atoms with E-state index in [0.29, 0.717) is 43.9 Å². The number of hydrogen-bond donors (Lipinski definition) is 1. The molecule has 10 heteroatoms. The van der Waals surface area contributed by atoms with Crippen molar-refractivity contribution in [1.29, 1.82) is 0 Å². The molecule has 1 aromatic heterocycles. The van der Waals surface area contributed by atoms with Crippen molar-refractivity contribution in [3.8, 4) is 11.1 Å². The number of H-pyrrole nitrogens is 1. The predicted molar refractivity (Wildman–Crippen MR) is 154 cm³/mol. The lowest BCUT2D eigenvalue weighted by Crippen LogP contribution is -2.43. The van der Waals surface area contributed by atoms with Gasteiger partial charge in [-0.05, 0) is 74.3 Å². The molecule has 0 radical (unpaired) electrons. The summed E-state index contributed by atoms with van der Waals surface area (Å²) in [6.07, 6.45) is -3.26. The summed E-state index contributed by atoms with van der Waals surface area (Å²) in [5, 5.41) is 0. The van der Waals surface area contributed by atoms with Gasteiger partial charge in [0.2, 0.25) is 0 Å². The fraction of sp³-hybridized carbons (Fsp3) is 0.364. The Bertz CT molecular complexity index is 1760. The Morgan fingerprint density at radius 2 is 1.72 bits per heavy atom. The third-order valence-corrected chi connectivity index (χ3v) is 8.72. The number of halogens is 4. The van der Waals surface area contributed by atoms with Gasteiger partial charge in [0.05, 0.1) is 28.6 Å². The van der Waals surface area contributed by atoms with E-state index in [9.17, 15) is 22.4 Å². The molecule has 1 aliphatic carbocycles. The van der Waals surface area contributed by atoms with Gasteiger partial charge in [-0.2, -0.15) is 13.2 Å². The molecule has 1 amide bonds. The largest absolute Gasteiger partial charge is 0.444 e. The highest BCUT2D eigenvalue weighted by Gasteiger charge is 2.70. The molecule has 1 saturated heterocycles. The summed E-state index contributed by atoms with van der Waals surface area (Å²) >= 11 is 0. The first kappa shape index (κ1) is 28.7. The Morgan fingerprint density at radius 3 is 2.35 bits per heavy atom. The Kier molecular flexibility index (Phi) is 6.56. The molecule has 2 heterocycles. The van der Waals surface area contributed by atoms with Crippen molar-refractivity contribution < 1.29 is 27.1 Å². The zero-order valence-electron chi connectivity index (χ0n) is 24.0. The molecule has 0 bridgehead atoms. The maximum Gasteiger partial charge on any atom is 0.419 e. The minimum absolute atomic E-state index is 0.115. The molecule has 222 valence electrons. The molecule has 1 spiro atoms. The van der Waals surface area contributed by atoms with Crippen molar-refractivity contribution in [1.82, 2.24) is 14.9 Å². The molecule has 43 heavy (non-hydrogen) atoms. The summed E-state index contributed by atoms with van der Waals surface area (Å²) in [6.45, 7) is 13.7. The van der Waals surface area contributed by atoms with Crippen molar-refractivity contribution >= 4 is 22.8 Å². The lowest BCUT2D eigenvalue weighted by molar-refractivity contribution is -0.139. The molecule has 2 aliphatic rings. The summed E-state index contributed by atoms with van der Waals surface area (Å²) in [7, 11) is 0. The molecule has 3 aromatic carbocycles. The SMILES string of the molecule is [C-]#[N+]c1cccc(-c2ccc(C3(c4nc5cc(F)c(C(F)(F)F)cc5[nH]4)CC34CCN(C(=O)OC(C)(C)C)CC4)cc2)c1. The molecular formula is C33H30F4N4O2. The highest BCUT2D eigenvalue weighted by Crippen LogP contribution is 2.72. The number of amides is 1. The zero-order valence-corrected chi connectivity index (χ0v) is 24.0. The molecule has 6 nitrogen and oxygen atoms in total. The number of piperidine rings is 1. The molecule has 4 aromatic rings. The van der Waals surface area contributed by atoms with E-state index in [1.807, 2.05) is 63.2 Å². The minimum Gasteiger partial charge on any atom is -0.444 e. The molecule has 1 atom stereocenters. The van der Waals surface area contributed by atoms with E-state index in [1.165, 1.54) is 0 Å². The van der Waals surface area contributed by atoms with Gasteiger partial charge in [-0.15, -0.1) is 0 Å². The minimum atomic E-state index is -4.84. The number of ether oxygens (including phenoxy) is 1. The van der Waals surface area contributed by atoms with Crippen LogP contribution in [0.1, 0.15) is 57.0 Å². The normalized spacial score (nSPS) is 19.8. The van der Waals surface area contributed by atoms with Crippen LogP contribution in [-0.4, -0.2) is 39.7 Å². The number of likely N-dealkylation sites (tertiary alicyclic amines) is 1. The average Bonchev–Trinajstić information content (AvgIpc) is 3.39. The summed E-state index contributed by atoms with van der Waals surface area (Å²) in [6, 6.07) is 16.8. The van der Waals surface area contributed by atoms with E-state index >= 15 is 0 Å². The summed E-state index contributed by atoms with van der Waals surface area (Å²) in [4.78, 5) is 25.7. The number of hydrogen-bond acceptors (Lipinski definition) is 3. The number of carbonyl (C=O) groups is 1. The summed E-state index contributed by atoms with van der Waals surface area (Å²) < 4.78 is 60.5. The number of imidazole rings is 1. The van der Waals surface area contributed by atoms with E-state index in [0.717, 1.165) is 28.8 Å². The fourth-order valence-corrected chi connectivity index (χ4v) is 6.54. The van der Waals surface area contributed by atoms with E-state index in [1.54, 1.807) is 11.0 Å². The quantitative estimate of drug-likeness (QED) is 0.192. The second-order valence-corrected chi connectivity index (χ2v) is 12.5. The van der Waals surface area contributed by atoms with Crippen molar-refractivity contribution in [3.63, 3.8) is 0 Å². The number of alkyl halides is 3. The van der Waals surface area contributed by atoms with Crippen LogP contribution in [0.3, 0.4) is 0 Å². The Balaban J connectivity index is 1.39. The van der Waals surface area contributed by atoms with Crippen LogP contribution in [0.5, 0.6) is 0 Å². The third kappa shape index (κ3) is 5.01. The van der Waals surface area contributed by atoms with Gasteiger partial charge in [0, 0.05) is 19.2 Å². The summed E-state index contributed by atoms with van der Waals surface area (Å²) in [5.74, 6) is -0.885. The van der Waals surface area contributed by atoms with Crippen molar-refractivity contribution in [2.24, 2.45) is 5.41 Å². The van der Waals surface area contributed by atoms with Gasteiger partial charge in [0.15, 0.2) is 5.69 Å². The molecule has 2 fully saturated rings. The van der Waals surface area contributed by atoms with Crippen molar-refractivity contribution in [3.05, 3.63) is 94.8 Å². The standard InChI is InChI=1S/C33H30F4N4O2/c1-30(2,3)43-29(42)41-14-12-31(13-15-41)19-32(31,22-10-8-20(9-11-22)21-6-5-7-23(16-21)38-4)28-39-26-17-24(33(35,36)37)25(34)18-27(26)40-28/h5-11,16-18H,12-15,19H2,1-3H3,(H,39,40). The predicted octanol–water partition coefficient (Wildman–Crippen LogP) is 8.65. The first-order chi connectivity index (χ1) is 20.2. The van der Waals surface area contributed by atoms with Crippen LogP contribution >= 0.6 is 0 Å². The lowest BCUT2D eigenvalue weighted by atomic mass is 9.79. The highest BCUT2D eigenvalue weighted by atomic mass is 19.4. The van der Waals surface area contributed by atoms with Crippen LogP contribution in [-0.2, 0) is 16.3 Å². The van der Waals surface area contributed by atoms with Gasteiger partial charge < -0.3 is 14.6 Å². The van der Waals surface area contributed by atoms with Crippen LogP contribution < -0.4 is 0 Å². The Morgan fingerprint density at radius 1 is 1.02 bits per heavy atom. The van der Waals surface area contributed by atoms with Gasteiger partial charge in [-0.3, -0.25) is 0 Å². The molecule has 1 unspecified atom stereocenters. The number of aromatic nitrogens is 2. The highest BCUT2D eigenvalue weighted by molar-refractivity contribution is 5.77. The topological polar surface area (TPSA) is 62.6 Å². The molecule has 1 saturated carbocycles. The number of carbonyl (C=O) groups excluding carboxylic acids is 1. The first-order valence-corrected chi connectivity index (χ1v) is 14.1. The van der Waals surface area contributed by atoms with Gasteiger partial charge >= 0.3 is 12.3 Å². The maximum absolute atomic E-state index is 14.5. The van der Waals surface area contributed by atoms with E-state index in [4.69, 9.17) is 11.3 Å². The number of aromatic amines is 1. The zero-order chi connectivity index (χ0) is 30.8. The maximum atomic E-state index is 14.5. The van der Waals surface area contributed by atoms with Gasteiger partial charge in [-0.1, -0.05) is 42.5 Å². The Labute approximate surface area is 246 Å². The lowest BCUT2D eigenvalue weighted by Gasteiger charge is -2.36. The smallest absolute Gasteiger partial charge is 0.419 e. The molecule has 1 N–H and O–H groups in total. The van der Waals surface area contributed by atoms with Crippen molar-refractivity contribution in [2.75, 3.05) is 13.1 Å². The van der Waals surface area contributed by atoms with Crippen LogP contribution in [0.2, 0.25) is 0 Å². The van der Waals surface area contributed by atoms with Crippen LogP contribution in [0.15, 0.2) is 60.7 Å². The Hall–Kier alpha value is -4.39. The van der Waals surface area contributed by atoms with Crippen molar-refractivity contribution in [2.45, 2.75) is 57.2 Å². The molecule has 1 aliphatic heterocycles. The summed E-state index contributed by atoms with van der Waals surface area (Å²) in [5.41, 5.74) is 0.571. The van der Waals surface area contributed by atoms with E-state index in [-0.39, 0.29) is 22.5 Å². The third-order valence-electron chi connectivity index (χ3n) is 8.72. The van der Waals surface area contributed by atoms with Gasteiger partial charge in [0.25, 0.3) is 0 Å². The first-order valence-electron chi connectivity index (χ1n) is 14.1. The van der Waals surface area contributed by atoms with Crippen LogP contribution in [0.4, 0.5) is 28.0 Å². The second kappa shape index (κ2) is 9.83. The van der Waals surface area contributed by atoms with Gasteiger partial charge in [0.1, 0.15) is 17.2 Å². The molecule has 6 rings (SSSR count). The van der Waals surface area contributed by atoms with Gasteiger partial charge in [-0.25, -0.2) is 19.0 Å². The van der Waals surface area contributed by atoms with E-state index < -0.39 is 28.6 Å². The molecular weight excluding hydrogens is 560 g/mol. The number of benzene rings is 3. The van der Waals surface area contributed by atoms with Crippen LogP contribution in [0.25, 0.3) is 27.0 Å². The van der Waals surface area contributed by atoms with Crippen LogP contribution in [0, 0.1) is 17.8 Å². The van der Waals surface area contributed by atoms with E-state index in [2.05, 4.69) is 14.8 Å². The number of fused-ring (bicyclic) bond motifs is 1. The average molecular weight is 591 g/mol. The monoisotopic (exact) mass is 590 g/mol. The fourth-order valence-electron chi connectivity index (χ4n) is 6.54. The number of nitrogens with zero attached hydrogens (tertiary/aromatic N) is 3. The number of rotatable bonds is 3. The number of nitrogens with one attached hydrogen (secondary N) is 1. The second-order valence-electron chi connectivity index (χ2n) is 12.5.